The van der Waals surface area contributed by atoms with Gasteiger partial charge in [-0.05, 0) is 44.7 Å². The average molecular weight is 426 g/mol. The predicted octanol–water partition coefficient (Wildman–Crippen LogP) is 4.61. The van der Waals surface area contributed by atoms with E-state index < -0.39 is 0 Å². The van der Waals surface area contributed by atoms with Crippen LogP contribution in [0.2, 0.25) is 0 Å². The molecule has 7 heteroatoms. The highest BCUT2D eigenvalue weighted by molar-refractivity contribution is 6.03. The van der Waals surface area contributed by atoms with Crippen molar-refractivity contribution in [2.24, 2.45) is 5.92 Å². The normalized spacial score (nSPS) is 19.8. The van der Waals surface area contributed by atoms with Crippen LogP contribution in [0.5, 0.6) is 5.75 Å². The van der Waals surface area contributed by atoms with E-state index in [1.165, 1.54) is 6.42 Å². The molecule has 1 aromatic carbocycles. The molecule has 1 aromatic heterocycles. The Kier molecular flexibility index (Phi) is 6.89. The molecule has 1 aliphatic heterocycles. The predicted molar refractivity (Wildman–Crippen MR) is 117 cm³/mol. The first kappa shape index (κ1) is 21.4. The first-order valence-corrected chi connectivity index (χ1v) is 11.4. The van der Waals surface area contributed by atoms with Crippen LogP contribution in [0, 0.1) is 5.92 Å². The molecule has 2 heterocycles. The van der Waals surface area contributed by atoms with Crippen LogP contribution in [-0.2, 0) is 4.79 Å². The summed E-state index contributed by atoms with van der Waals surface area (Å²) in [6.45, 7) is 3.87. The Morgan fingerprint density at radius 2 is 1.97 bits per heavy atom. The largest absolute Gasteiger partial charge is 0.492 e. The first-order chi connectivity index (χ1) is 15.2. The number of carbonyl (C=O) groups is 2. The minimum atomic E-state index is -0.364. The second kappa shape index (κ2) is 9.98. The van der Waals surface area contributed by atoms with Crippen LogP contribution in [-0.4, -0.2) is 41.6 Å². The summed E-state index contributed by atoms with van der Waals surface area (Å²) in [4.78, 5) is 27.6. The van der Waals surface area contributed by atoms with Crippen molar-refractivity contribution in [2.75, 3.05) is 25.0 Å². The molecule has 0 radical (unpaired) electrons. The molecule has 0 bridgehead atoms. The van der Waals surface area contributed by atoms with Gasteiger partial charge in [0.05, 0.1) is 18.0 Å². The highest BCUT2D eigenvalue weighted by Gasteiger charge is 2.31. The molecular weight excluding hydrogens is 394 g/mol. The number of carbonyl (C=O) groups excluding carboxylic acids is 2. The number of para-hydroxylation sites is 2. The van der Waals surface area contributed by atoms with E-state index in [4.69, 9.17) is 9.26 Å². The topological polar surface area (TPSA) is 84.7 Å². The number of hydrogen-bond acceptors (Lipinski definition) is 5. The summed E-state index contributed by atoms with van der Waals surface area (Å²) in [5.74, 6) is 0.980. The van der Waals surface area contributed by atoms with E-state index >= 15 is 0 Å². The lowest BCUT2D eigenvalue weighted by molar-refractivity contribution is -0.137. The van der Waals surface area contributed by atoms with Gasteiger partial charge in [-0.3, -0.25) is 9.59 Å². The Hall–Kier alpha value is -2.83. The number of amides is 2. The van der Waals surface area contributed by atoms with Crippen molar-refractivity contribution in [1.29, 1.82) is 0 Å². The molecule has 7 nitrogen and oxygen atoms in total. The van der Waals surface area contributed by atoms with Crippen LogP contribution < -0.4 is 10.1 Å². The van der Waals surface area contributed by atoms with Crippen molar-refractivity contribution in [2.45, 2.75) is 57.8 Å². The molecule has 1 saturated carbocycles. The highest BCUT2D eigenvalue weighted by atomic mass is 16.5. The first-order valence-electron chi connectivity index (χ1n) is 11.4. The molecule has 2 aromatic rings. The van der Waals surface area contributed by atoms with Gasteiger partial charge in [-0.2, -0.15) is 0 Å². The Morgan fingerprint density at radius 3 is 2.77 bits per heavy atom. The van der Waals surface area contributed by atoms with E-state index in [2.05, 4.69) is 10.5 Å². The van der Waals surface area contributed by atoms with E-state index in [-0.39, 0.29) is 23.5 Å². The van der Waals surface area contributed by atoms with Crippen molar-refractivity contribution in [3.05, 3.63) is 41.8 Å². The van der Waals surface area contributed by atoms with E-state index in [1.807, 2.05) is 30.0 Å². The van der Waals surface area contributed by atoms with Crippen LogP contribution in [0.25, 0.3) is 0 Å². The fourth-order valence-corrected chi connectivity index (χ4v) is 4.65. The van der Waals surface area contributed by atoms with Crippen LogP contribution in [0.3, 0.4) is 0 Å². The van der Waals surface area contributed by atoms with E-state index in [1.54, 1.807) is 12.1 Å². The van der Waals surface area contributed by atoms with Gasteiger partial charge in [-0.1, -0.05) is 36.6 Å². The standard InChI is InChI=1S/C24H31N3O4/c1-2-30-21-13-7-6-12-19(21)25-23(28)22-15-20(26-31-22)18-11-8-14-27(16-18)24(29)17-9-4-3-5-10-17/h6-7,12-13,15,17-18H,2-5,8-11,14,16H2,1H3,(H,25,28). The molecule has 4 rings (SSSR count). The summed E-state index contributed by atoms with van der Waals surface area (Å²) >= 11 is 0. The van der Waals surface area contributed by atoms with Crippen molar-refractivity contribution in [3.63, 3.8) is 0 Å². The van der Waals surface area contributed by atoms with Gasteiger partial charge in [0.1, 0.15) is 5.75 Å². The monoisotopic (exact) mass is 425 g/mol. The zero-order chi connectivity index (χ0) is 21.6. The number of benzene rings is 1. The summed E-state index contributed by atoms with van der Waals surface area (Å²) in [6.07, 6.45) is 7.46. The lowest BCUT2D eigenvalue weighted by Crippen LogP contribution is -2.42. The third-order valence-electron chi connectivity index (χ3n) is 6.29. The van der Waals surface area contributed by atoms with Crippen molar-refractivity contribution < 1.29 is 18.8 Å². The highest BCUT2D eigenvalue weighted by Crippen LogP contribution is 2.31. The van der Waals surface area contributed by atoms with Gasteiger partial charge in [0.2, 0.25) is 11.7 Å². The molecule has 166 valence electrons. The lowest BCUT2D eigenvalue weighted by Gasteiger charge is -2.35. The van der Waals surface area contributed by atoms with Crippen molar-refractivity contribution in [3.8, 4) is 5.75 Å². The number of ether oxygens (including phenoxy) is 1. The summed E-state index contributed by atoms with van der Waals surface area (Å²) in [5, 5.41) is 7.00. The molecule has 2 aliphatic rings. The maximum absolute atomic E-state index is 12.9. The number of piperidine rings is 1. The molecular formula is C24H31N3O4. The van der Waals surface area contributed by atoms with Crippen LogP contribution in [0.15, 0.2) is 34.9 Å². The summed E-state index contributed by atoms with van der Waals surface area (Å²) in [5.41, 5.74) is 1.33. The second-order valence-electron chi connectivity index (χ2n) is 8.46. The van der Waals surface area contributed by atoms with Gasteiger partial charge in [-0.25, -0.2) is 0 Å². The molecule has 1 atom stereocenters. The van der Waals surface area contributed by atoms with Gasteiger partial charge >= 0.3 is 0 Å². The summed E-state index contributed by atoms with van der Waals surface area (Å²) in [7, 11) is 0. The molecule has 2 fully saturated rings. The van der Waals surface area contributed by atoms with Crippen LogP contribution in [0.4, 0.5) is 5.69 Å². The summed E-state index contributed by atoms with van der Waals surface area (Å²) in [6, 6.07) is 9.00. The third-order valence-corrected chi connectivity index (χ3v) is 6.29. The molecule has 31 heavy (non-hydrogen) atoms. The van der Waals surface area contributed by atoms with Gasteiger partial charge in [0.25, 0.3) is 5.91 Å². The number of aromatic nitrogens is 1. The number of likely N-dealkylation sites (tertiary alicyclic amines) is 1. The van der Waals surface area contributed by atoms with E-state index in [9.17, 15) is 9.59 Å². The van der Waals surface area contributed by atoms with Gasteiger partial charge in [-0.15, -0.1) is 0 Å². The van der Waals surface area contributed by atoms with Crippen LogP contribution >= 0.6 is 0 Å². The number of hydrogen-bond donors (Lipinski definition) is 1. The Morgan fingerprint density at radius 1 is 1.16 bits per heavy atom. The molecule has 1 N–H and O–H groups in total. The third kappa shape index (κ3) is 5.09. The molecule has 1 saturated heterocycles. The minimum absolute atomic E-state index is 0.0994. The lowest BCUT2D eigenvalue weighted by atomic mass is 9.87. The smallest absolute Gasteiger partial charge is 0.294 e. The molecule has 0 spiro atoms. The summed E-state index contributed by atoms with van der Waals surface area (Å²) < 4.78 is 10.9. The molecule has 1 aliphatic carbocycles. The molecule has 2 amide bonds. The van der Waals surface area contributed by atoms with Crippen molar-refractivity contribution in [1.82, 2.24) is 10.1 Å². The zero-order valence-electron chi connectivity index (χ0n) is 18.1. The fraction of sp³-hybridized carbons (Fsp3) is 0.542. The quantitative estimate of drug-likeness (QED) is 0.730. The van der Waals surface area contributed by atoms with Gasteiger partial charge < -0.3 is 19.5 Å². The van der Waals surface area contributed by atoms with Gasteiger partial charge in [0.15, 0.2) is 0 Å². The molecule has 1 unspecified atom stereocenters. The zero-order valence-corrected chi connectivity index (χ0v) is 18.1. The number of nitrogens with zero attached hydrogens (tertiary/aromatic N) is 2. The number of rotatable bonds is 6. The average Bonchev–Trinajstić information content (AvgIpc) is 3.31. The maximum atomic E-state index is 12.9. The number of nitrogens with one attached hydrogen (secondary N) is 1. The van der Waals surface area contributed by atoms with Crippen LogP contribution in [0.1, 0.15) is 74.0 Å². The second-order valence-corrected chi connectivity index (χ2v) is 8.46. The maximum Gasteiger partial charge on any atom is 0.294 e. The SMILES string of the molecule is CCOc1ccccc1NC(=O)c1cc(C2CCCN(C(=O)C3CCCCC3)C2)no1. The minimum Gasteiger partial charge on any atom is -0.492 e. The van der Waals surface area contributed by atoms with Gasteiger partial charge in [0, 0.05) is 31.0 Å². The van der Waals surface area contributed by atoms with Crippen molar-refractivity contribution >= 4 is 17.5 Å². The fourth-order valence-electron chi connectivity index (χ4n) is 4.65. The Balaban J connectivity index is 1.40. The Bertz CT molecular complexity index is 904. The number of anilines is 1. The van der Waals surface area contributed by atoms with E-state index in [0.29, 0.717) is 30.5 Å². The Labute approximate surface area is 183 Å². The van der Waals surface area contributed by atoms with E-state index in [0.717, 1.165) is 50.8 Å².